The van der Waals surface area contributed by atoms with Crippen molar-refractivity contribution in [2.45, 2.75) is 45.7 Å². The van der Waals surface area contributed by atoms with E-state index in [-0.39, 0.29) is 11.9 Å². The summed E-state index contributed by atoms with van der Waals surface area (Å²) in [7, 11) is 0. The molecule has 0 aromatic heterocycles. The van der Waals surface area contributed by atoms with Gasteiger partial charge in [-0.15, -0.1) is 0 Å². The van der Waals surface area contributed by atoms with Crippen LogP contribution in [0.2, 0.25) is 5.02 Å². The fraction of sp³-hybridized carbons (Fsp3) is 0.562. The van der Waals surface area contributed by atoms with Gasteiger partial charge in [-0.25, -0.2) is 0 Å². The average Bonchev–Trinajstić information content (AvgIpc) is 2.48. The third kappa shape index (κ3) is 3.15. The van der Waals surface area contributed by atoms with Crippen LogP contribution in [0.15, 0.2) is 18.2 Å². The number of nitrogens with zero attached hydrogens (tertiary/aromatic N) is 1. The number of amides is 1. The number of aryl methyl sites for hydroxylation is 1. The Morgan fingerprint density at radius 1 is 1.40 bits per heavy atom. The summed E-state index contributed by atoms with van der Waals surface area (Å²) >= 11 is 6.04. The summed E-state index contributed by atoms with van der Waals surface area (Å²) < 4.78 is 0. The fourth-order valence-electron chi connectivity index (χ4n) is 2.69. The van der Waals surface area contributed by atoms with Gasteiger partial charge in [0.1, 0.15) is 0 Å². The quantitative estimate of drug-likeness (QED) is 0.928. The van der Waals surface area contributed by atoms with Crippen molar-refractivity contribution < 1.29 is 4.79 Å². The van der Waals surface area contributed by atoms with Crippen molar-refractivity contribution in [3.63, 3.8) is 0 Å². The number of nitrogens with one attached hydrogen (secondary N) is 1. The van der Waals surface area contributed by atoms with Crippen molar-refractivity contribution in [2.24, 2.45) is 0 Å². The van der Waals surface area contributed by atoms with Gasteiger partial charge in [0.05, 0.1) is 0 Å². The van der Waals surface area contributed by atoms with Gasteiger partial charge in [-0.2, -0.15) is 0 Å². The lowest BCUT2D eigenvalue weighted by Gasteiger charge is -2.40. The molecule has 2 unspecified atom stereocenters. The molecule has 3 nitrogen and oxygen atoms in total. The highest BCUT2D eigenvalue weighted by Gasteiger charge is 2.30. The molecule has 0 radical (unpaired) electrons. The van der Waals surface area contributed by atoms with Gasteiger partial charge in [-0.05, 0) is 43.5 Å². The summed E-state index contributed by atoms with van der Waals surface area (Å²) in [5.74, 6) is 0.122. The van der Waals surface area contributed by atoms with Gasteiger partial charge in [0.15, 0.2) is 0 Å². The summed E-state index contributed by atoms with van der Waals surface area (Å²) in [5, 5.41) is 4.22. The molecule has 1 aliphatic heterocycles. The highest BCUT2D eigenvalue weighted by Crippen LogP contribution is 2.20. The minimum absolute atomic E-state index is 0.122. The molecule has 2 atom stereocenters. The Bertz CT molecular complexity index is 489. The highest BCUT2D eigenvalue weighted by atomic mass is 35.5. The van der Waals surface area contributed by atoms with E-state index in [1.165, 1.54) is 0 Å². The number of benzene rings is 1. The molecule has 2 rings (SSSR count). The van der Waals surface area contributed by atoms with E-state index >= 15 is 0 Å². The molecule has 20 heavy (non-hydrogen) atoms. The van der Waals surface area contributed by atoms with Crippen LogP contribution in [-0.4, -0.2) is 36.0 Å². The van der Waals surface area contributed by atoms with Crippen LogP contribution in [0.3, 0.4) is 0 Å². The lowest BCUT2D eigenvalue weighted by Crippen LogP contribution is -2.57. The molecule has 1 aliphatic rings. The predicted molar refractivity (Wildman–Crippen MR) is 83.4 cm³/mol. The number of carbonyl (C=O) groups is 1. The van der Waals surface area contributed by atoms with E-state index in [2.05, 4.69) is 19.2 Å². The second-order valence-corrected chi connectivity index (χ2v) is 5.90. The SMILES string of the molecule is CCC1CN(C(=O)c2ccc(Cl)c(C)c2)C(CC)CN1. The average molecular weight is 295 g/mol. The summed E-state index contributed by atoms with van der Waals surface area (Å²) in [4.78, 5) is 14.8. The molecule has 1 fully saturated rings. The van der Waals surface area contributed by atoms with Gasteiger partial charge in [0, 0.05) is 35.8 Å². The van der Waals surface area contributed by atoms with Crippen molar-refractivity contribution in [1.82, 2.24) is 10.2 Å². The van der Waals surface area contributed by atoms with Crippen molar-refractivity contribution in [3.8, 4) is 0 Å². The zero-order chi connectivity index (χ0) is 14.7. The molecule has 0 saturated carbocycles. The maximum Gasteiger partial charge on any atom is 0.254 e. The lowest BCUT2D eigenvalue weighted by molar-refractivity contribution is 0.0576. The Morgan fingerprint density at radius 2 is 2.15 bits per heavy atom. The smallest absolute Gasteiger partial charge is 0.254 e. The van der Waals surface area contributed by atoms with Crippen LogP contribution >= 0.6 is 11.6 Å². The number of piperazine rings is 1. The molecule has 0 spiro atoms. The Labute approximate surface area is 126 Å². The zero-order valence-electron chi connectivity index (χ0n) is 12.4. The molecule has 1 aromatic carbocycles. The monoisotopic (exact) mass is 294 g/mol. The number of carbonyl (C=O) groups excluding carboxylic acids is 1. The molecular weight excluding hydrogens is 272 g/mol. The molecule has 0 bridgehead atoms. The first kappa shape index (κ1) is 15.3. The number of rotatable bonds is 3. The van der Waals surface area contributed by atoms with E-state index in [0.717, 1.165) is 37.1 Å². The van der Waals surface area contributed by atoms with E-state index < -0.39 is 0 Å². The molecule has 110 valence electrons. The third-order valence-electron chi connectivity index (χ3n) is 4.13. The Balaban J connectivity index is 2.22. The van der Waals surface area contributed by atoms with Crippen LogP contribution in [0.5, 0.6) is 0 Å². The molecular formula is C16H23ClN2O. The molecule has 1 amide bonds. The van der Waals surface area contributed by atoms with Crippen LogP contribution in [0.1, 0.15) is 42.6 Å². The van der Waals surface area contributed by atoms with Gasteiger partial charge < -0.3 is 10.2 Å². The van der Waals surface area contributed by atoms with Crippen LogP contribution in [-0.2, 0) is 0 Å². The minimum Gasteiger partial charge on any atom is -0.333 e. The van der Waals surface area contributed by atoms with Crippen molar-refractivity contribution >= 4 is 17.5 Å². The maximum atomic E-state index is 12.7. The highest BCUT2D eigenvalue weighted by molar-refractivity contribution is 6.31. The molecule has 0 aliphatic carbocycles. The number of hydrogen-bond donors (Lipinski definition) is 1. The second-order valence-electron chi connectivity index (χ2n) is 5.50. The molecule has 1 heterocycles. The van der Waals surface area contributed by atoms with E-state index in [1.807, 2.05) is 30.0 Å². The van der Waals surface area contributed by atoms with Crippen LogP contribution in [0.4, 0.5) is 0 Å². The topological polar surface area (TPSA) is 32.3 Å². The van der Waals surface area contributed by atoms with Crippen LogP contribution < -0.4 is 5.32 Å². The van der Waals surface area contributed by atoms with Crippen molar-refractivity contribution in [3.05, 3.63) is 34.3 Å². The molecule has 4 heteroatoms. The Kier molecular flexibility index (Phi) is 5.06. The largest absolute Gasteiger partial charge is 0.333 e. The number of hydrogen-bond acceptors (Lipinski definition) is 2. The van der Waals surface area contributed by atoms with Crippen molar-refractivity contribution in [1.29, 1.82) is 0 Å². The summed E-state index contributed by atoms with van der Waals surface area (Å²) in [6.45, 7) is 7.89. The van der Waals surface area contributed by atoms with Gasteiger partial charge in [-0.3, -0.25) is 4.79 Å². The van der Waals surface area contributed by atoms with E-state index in [1.54, 1.807) is 0 Å². The first-order valence-corrected chi connectivity index (χ1v) is 7.75. The van der Waals surface area contributed by atoms with Gasteiger partial charge in [0.25, 0.3) is 5.91 Å². The van der Waals surface area contributed by atoms with E-state index in [9.17, 15) is 4.79 Å². The molecule has 1 aromatic rings. The third-order valence-corrected chi connectivity index (χ3v) is 4.55. The van der Waals surface area contributed by atoms with Gasteiger partial charge in [-0.1, -0.05) is 25.4 Å². The Hall–Kier alpha value is -1.06. The van der Waals surface area contributed by atoms with Crippen LogP contribution in [0, 0.1) is 6.92 Å². The lowest BCUT2D eigenvalue weighted by atomic mass is 10.0. The first-order valence-electron chi connectivity index (χ1n) is 7.37. The van der Waals surface area contributed by atoms with E-state index in [4.69, 9.17) is 11.6 Å². The first-order chi connectivity index (χ1) is 9.56. The molecule has 1 saturated heterocycles. The fourth-order valence-corrected chi connectivity index (χ4v) is 2.81. The molecule has 1 N–H and O–H groups in total. The maximum absolute atomic E-state index is 12.7. The Morgan fingerprint density at radius 3 is 2.75 bits per heavy atom. The van der Waals surface area contributed by atoms with Crippen molar-refractivity contribution in [2.75, 3.05) is 13.1 Å². The summed E-state index contributed by atoms with van der Waals surface area (Å²) in [6.07, 6.45) is 2.02. The van der Waals surface area contributed by atoms with Crippen LogP contribution in [0.25, 0.3) is 0 Å². The number of halogens is 1. The van der Waals surface area contributed by atoms with Gasteiger partial charge >= 0.3 is 0 Å². The van der Waals surface area contributed by atoms with E-state index in [0.29, 0.717) is 11.1 Å². The minimum atomic E-state index is 0.122. The summed E-state index contributed by atoms with van der Waals surface area (Å²) in [5.41, 5.74) is 1.69. The normalized spacial score (nSPS) is 22.9. The predicted octanol–water partition coefficient (Wildman–Crippen LogP) is 3.25. The summed E-state index contributed by atoms with van der Waals surface area (Å²) in [6, 6.07) is 6.20. The second kappa shape index (κ2) is 6.59. The van der Waals surface area contributed by atoms with Gasteiger partial charge in [0.2, 0.25) is 0 Å². The zero-order valence-corrected chi connectivity index (χ0v) is 13.2. The standard InChI is InChI=1S/C16H23ClN2O/c1-4-13-10-19(14(5-2)9-18-13)16(20)12-6-7-15(17)11(3)8-12/h6-8,13-14,18H,4-5,9-10H2,1-3H3.